The number of pyridine rings is 1. The van der Waals surface area contributed by atoms with Gasteiger partial charge in [-0.2, -0.15) is 0 Å². The van der Waals surface area contributed by atoms with Gasteiger partial charge in [-0.3, -0.25) is 0 Å². The van der Waals surface area contributed by atoms with Crippen molar-refractivity contribution in [2.75, 3.05) is 0 Å². The van der Waals surface area contributed by atoms with Gasteiger partial charge in [0.05, 0.1) is 16.6 Å². The highest BCUT2D eigenvalue weighted by atomic mass is 35.5. The molecule has 1 nitrogen and oxygen atoms in total. The molecule has 3 heteroatoms. The maximum absolute atomic E-state index is 6.51. The van der Waals surface area contributed by atoms with Crippen LogP contribution >= 0.6 is 23.2 Å². The van der Waals surface area contributed by atoms with E-state index in [1.54, 1.807) is 0 Å². The van der Waals surface area contributed by atoms with E-state index in [9.17, 15) is 0 Å². The fourth-order valence-corrected chi connectivity index (χ4v) is 3.24. The molecule has 0 radical (unpaired) electrons. The Morgan fingerprint density at radius 1 is 1.04 bits per heavy atom. The Labute approximate surface area is 159 Å². The molecule has 3 aromatic rings. The molecule has 0 aliphatic heterocycles. The van der Waals surface area contributed by atoms with Gasteiger partial charge in [0.25, 0.3) is 0 Å². The van der Waals surface area contributed by atoms with Gasteiger partial charge >= 0.3 is 0 Å². The molecule has 25 heavy (non-hydrogen) atoms. The largest absolute Gasteiger partial charge is 0.248 e. The molecular weight excluding hydrogens is 349 g/mol. The number of alkyl halides is 1. The van der Waals surface area contributed by atoms with E-state index in [0.717, 1.165) is 35.0 Å². The predicted molar refractivity (Wildman–Crippen MR) is 110 cm³/mol. The number of aromatic nitrogens is 1. The normalized spacial score (nSPS) is 12.8. The number of benzene rings is 2. The summed E-state index contributed by atoms with van der Waals surface area (Å²) in [6.45, 7) is 2.19. The Bertz CT molecular complexity index is 886. The van der Waals surface area contributed by atoms with Crippen molar-refractivity contribution in [3.05, 3.63) is 76.4 Å². The van der Waals surface area contributed by atoms with Gasteiger partial charge in [0.15, 0.2) is 0 Å². The van der Waals surface area contributed by atoms with Gasteiger partial charge in [0, 0.05) is 10.4 Å². The fraction of sp³-hybridized carbons (Fsp3) is 0.227. The van der Waals surface area contributed by atoms with Crippen LogP contribution in [0.2, 0.25) is 5.02 Å². The second kappa shape index (κ2) is 8.51. The Hall–Kier alpha value is -1.83. The highest BCUT2D eigenvalue weighted by Crippen LogP contribution is 2.27. The van der Waals surface area contributed by atoms with Crippen LogP contribution < -0.4 is 0 Å². The van der Waals surface area contributed by atoms with Crippen LogP contribution in [0.25, 0.3) is 23.1 Å². The summed E-state index contributed by atoms with van der Waals surface area (Å²) in [7, 11) is 0. The maximum atomic E-state index is 6.51. The zero-order chi connectivity index (χ0) is 17.6. The van der Waals surface area contributed by atoms with Crippen molar-refractivity contribution in [3.63, 3.8) is 0 Å². The van der Waals surface area contributed by atoms with Crippen LogP contribution in [0.1, 0.15) is 48.4 Å². The molecule has 2 aromatic carbocycles. The highest BCUT2D eigenvalue weighted by Gasteiger charge is 2.07. The first-order valence-electron chi connectivity index (χ1n) is 8.64. The molecule has 1 atom stereocenters. The van der Waals surface area contributed by atoms with Crippen LogP contribution in [-0.4, -0.2) is 4.98 Å². The molecule has 0 bridgehead atoms. The van der Waals surface area contributed by atoms with Gasteiger partial charge in [0.2, 0.25) is 0 Å². The molecule has 128 valence electrons. The summed E-state index contributed by atoms with van der Waals surface area (Å²) in [6, 6.07) is 18.2. The number of halogens is 2. The minimum absolute atomic E-state index is 0.0780. The third-order valence-electron chi connectivity index (χ3n) is 4.21. The molecule has 0 aliphatic carbocycles. The predicted octanol–water partition coefficient (Wildman–Crippen LogP) is 7.53. The second-order valence-electron chi connectivity index (χ2n) is 6.19. The lowest BCUT2D eigenvalue weighted by molar-refractivity contribution is 0.701. The highest BCUT2D eigenvalue weighted by molar-refractivity contribution is 6.31. The zero-order valence-electron chi connectivity index (χ0n) is 14.3. The first-order chi connectivity index (χ1) is 12.2. The summed E-state index contributed by atoms with van der Waals surface area (Å²) in [5.74, 6) is 0. The average molecular weight is 370 g/mol. The monoisotopic (exact) mass is 369 g/mol. The Morgan fingerprint density at radius 2 is 1.88 bits per heavy atom. The Balaban J connectivity index is 1.79. The van der Waals surface area contributed by atoms with Crippen molar-refractivity contribution in [1.29, 1.82) is 0 Å². The Kier molecular flexibility index (Phi) is 6.12. The van der Waals surface area contributed by atoms with Crippen LogP contribution in [0, 0.1) is 0 Å². The molecular formula is C22H21Cl2N. The zero-order valence-corrected chi connectivity index (χ0v) is 15.8. The quantitative estimate of drug-likeness (QED) is 0.409. The van der Waals surface area contributed by atoms with Gasteiger partial charge < -0.3 is 0 Å². The van der Waals surface area contributed by atoms with E-state index in [-0.39, 0.29) is 5.38 Å². The van der Waals surface area contributed by atoms with Crippen molar-refractivity contribution in [2.45, 2.75) is 31.6 Å². The SMILES string of the molecule is CCCCC(Cl)c1cccc(C=Cc2ccc3ccc(Cl)cc3n2)c1. The summed E-state index contributed by atoms with van der Waals surface area (Å²) in [5.41, 5.74) is 4.13. The van der Waals surface area contributed by atoms with Gasteiger partial charge in [-0.15, -0.1) is 11.6 Å². The second-order valence-corrected chi connectivity index (χ2v) is 7.15. The molecule has 0 saturated heterocycles. The van der Waals surface area contributed by atoms with E-state index >= 15 is 0 Å². The number of hydrogen-bond acceptors (Lipinski definition) is 1. The van der Waals surface area contributed by atoms with Gasteiger partial charge in [-0.05, 0) is 41.8 Å². The molecule has 1 unspecified atom stereocenters. The fourth-order valence-electron chi connectivity index (χ4n) is 2.79. The van der Waals surface area contributed by atoms with Gasteiger partial charge in [-0.25, -0.2) is 4.98 Å². The van der Waals surface area contributed by atoms with E-state index in [4.69, 9.17) is 23.2 Å². The molecule has 0 aliphatic rings. The number of unbranched alkanes of at least 4 members (excludes halogenated alkanes) is 1. The van der Waals surface area contributed by atoms with Crippen molar-refractivity contribution in [2.24, 2.45) is 0 Å². The summed E-state index contributed by atoms with van der Waals surface area (Å²) >= 11 is 12.6. The molecule has 1 aromatic heterocycles. The van der Waals surface area contributed by atoms with Crippen molar-refractivity contribution < 1.29 is 0 Å². The first-order valence-corrected chi connectivity index (χ1v) is 9.45. The lowest BCUT2D eigenvalue weighted by Crippen LogP contribution is -1.91. The van der Waals surface area contributed by atoms with Crippen LogP contribution in [-0.2, 0) is 0 Å². The molecule has 0 fully saturated rings. The molecule has 0 saturated carbocycles. The van der Waals surface area contributed by atoms with E-state index in [2.05, 4.69) is 48.3 Å². The summed E-state index contributed by atoms with van der Waals surface area (Å²) < 4.78 is 0. The molecule has 1 heterocycles. The smallest absolute Gasteiger partial charge is 0.0724 e. The number of hydrogen-bond donors (Lipinski definition) is 0. The molecule has 3 rings (SSSR count). The molecule has 0 N–H and O–H groups in total. The van der Waals surface area contributed by atoms with Crippen LogP contribution in [0.4, 0.5) is 0 Å². The van der Waals surface area contributed by atoms with E-state index < -0.39 is 0 Å². The molecule has 0 amide bonds. The van der Waals surface area contributed by atoms with Crippen molar-refractivity contribution >= 4 is 46.3 Å². The number of rotatable bonds is 6. The summed E-state index contributed by atoms with van der Waals surface area (Å²) in [5, 5.41) is 1.87. The lowest BCUT2D eigenvalue weighted by Gasteiger charge is -2.09. The standard InChI is InChI=1S/C22H21Cl2N/c1-2-3-7-21(24)18-6-4-5-16(14-18)8-12-20-13-10-17-9-11-19(23)15-22(17)25-20/h4-6,8-15,21H,2-3,7H2,1H3. The minimum Gasteiger partial charge on any atom is -0.248 e. The van der Waals surface area contributed by atoms with Crippen LogP contribution in [0.15, 0.2) is 54.6 Å². The van der Waals surface area contributed by atoms with E-state index in [0.29, 0.717) is 5.02 Å². The summed E-state index contributed by atoms with van der Waals surface area (Å²) in [4.78, 5) is 4.65. The van der Waals surface area contributed by atoms with Crippen molar-refractivity contribution in [1.82, 2.24) is 4.98 Å². The van der Waals surface area contributed by atoms with Crippen molar-refractivity contribution in [3.8, 4) is 0 Å². The minimum atomic E-state index is 0.0780. The van der Waals surface area contributed by atoms with Crippen LogP contribution in [0.5, 0.6) is 0 Å². The van der Waals surface area contributed by atoms with Gasteiger partial charge in [-0.1, -0.05) is 73.8 Å². The third-order valence-corrected chi connectivity index (χ3v) is 4.91. The van der Waals surface area contributed by atoms with E-state index in [1.807, 2.05) is 30.3 Å². The number of fused-ring (bicyclic) bond motifs is 1. The Morgan fingerprint density at radius 3 is 2.72 bits per heavy atom. The van der Waals surface area contributed by atoms with Crippen LogP contribution in [0.3, 0.4) is 0 Å². The first kappa shape index (κ1) is 18.0. The average Bonchev–Trinajstić information content (AvgIpc) is 2.64. The lowest BCUT2D eigenvalue weighted by atomic mass is 10.0. The number of nitrogens with zero attached hydrogens (tertiary/aromatic N) is 1. The summed E-state index contributed by atoms with van der Waals surface area (Å²) in [6.07, 6.45) is 7.43. The third kappa shape index (κ3) is 4.84. The topological polar surface area (TPSA) is 12.9 Å². The maximum Gasteiger partial charge on any atom is 0.0724 e. The molecule has 0 spiro atoms. The van der Waals surface area contributed by atoms with E-state index in [1.165, 1.54) is 12.0 Å². The van der Waals surface area contributed by atoms with Gasteiger partial charge in [0.1, 0.15) is 0 Å².